The normalized spacial score (nSPS) is 17.1. The molecule has 0 bridgehead atoms. The Hall–Kier alpha value is -2.83. The number of carbonyl (C=O) groups excluding carboxylic acids is 2. The van der Waals surface area contributed by atoms with Gasteiger partial charge in [0, 0.05) is 25.2 Å². The van der Waals surface area contributed by atoms with E-state index in [1.807, 2.05) is 25.1 Å². The van der Waals surface area contributed by atoms with Gasteiger partial charge >= 0.3 is 6.18 Å². The zero-order chi connectivity index (χ0) is 20.3. The van der Waals surface area contributed by atoms with Gasteiger partial charge in [0.2, 0.25) is 11.8 Å². The first-order chi connectivity index (χ1) is 13.3. The van der Waals surface area contributed by atoms with Crippen LogP contribution in [0.2, 0.25) is 0 Å². The van der Waals surface area contributed by atoms with E-state index in [-0.39, 0.29) is 31.3 Å². The van der Waals surface area contributed by atoms with Crippen LogP contribution in [-0.4, -0.2) is 23.3 Å². The summed E-state index contributed by atoms with van der Waals surface area (Å²) in [6.07, 6.45) is -3.53. The largest absolute Gasteiger partial charge is 0.416 e. The van der Waals surface area contributed by atoms with E-state index in [4.69, 9.17) is 0 Å². The number of rotatable bonds is 5. The SMILES string of the molecule is CCc1cccc(NC(=O)C2CC(=O)N(Cc3cccc(C(F)(F)F)c3)C2)c1. The van der Waals surface area contributed by atoms with Gasteiger partial charge < -0.3 is 10.2 Å². The Kier molecular flexibility index (Phi) is 5.72. The molecule has 1 saturated heterocycles. The van der Waals surface area contributed by atoms with Gasteiger partial charge in [-0.1, -0.05) is 31.2 Å². The van der Waals surface area contributed by atoms with E-state index in [1.54, 1.807) is 12.1 Å². The predicted octanol–water partition coefficient (Wildman–Crippen LogP) is 4.26. The van der Waals surface area contributed by atoms with Gasteiger partial charge in [0.1, 0.15) is 0 Å². The van der Waals surface area contributed by atoms with E-state index in [0.717, 1.165) is 24.1 Å². The number of hydrogen-bond acceptors (Lipinski definition) is 2. The molecule has 1 fully saturated rings. The number of aryl methyl sites for hydroxylation is 1. The molecule has 7 heteroatoms. The van der Waals surface area contributed by atoms with E-state index in [1.165, 1.54) is 11.0 Å². The molecule has 0 spiro atoms. The lowest BCUT2D eigenvalue weighted by Gasteiger charge is -2.18. The summed E-state index contributed by atoms with van der Waals surface area (Å²) in [5, 5.41) is 2.83. The molecular formula is C21H21F3N2O2. The van der Waals surface area contributed by atoms with E-state index in [9.17, 15) is 22.8 Å². The number of benzene rings is 2. The van der Waals surface area contributed by atoms with E-state index >= 15 is 0 Å². The van der Waals surface area contributed by atoms with Crippen molar-refractivity contribution in [2.45, 2.75) is 32.5 Å². The Bertz CT molecular complexity index is 880. The van der Waals surface area contributed by atoms with Crippen LogP contribution in [0.4, 0.5) is 18.9 Å². The van der Waals surface area contributed by atoms with Crippen LogP contribution in [0.3, 0.4) is 0 Å². The van der Waals surface area contributed by atoms with Gasteiger partial charge in [-0.05, 0) is 41.8 Å². The Morgan fingerprint density at radius 1 is 1.14 bits per heavy atom. The number of nitrogens with zero attached hydrogens (tertiary/aromatic N) is 1. The van der Waals surface area contributed by atoms with Crippen molar-refractivity contribution in [2.75, 3.05) is 11.9 Å². The van der Waals surface area contributed by atoms with Gasteiger partial charge in [-0.2, -0.15) is 13.2 Å². The van der Waals surface area contributed by atoms with Crippen molar-refractivity contribution in [1.29, 1.82) is 0 Å². The Morgan fingerprint density at radius 2 is 1.86 bits per heavy atom. The molecule has 2 amide bonds. The maximum Gasteiger partial charge on any atom is 0.416 e. The zero-order valence-corrected chi connectivity index (χ0v) is 15.4. The second-order valence-corrected chi connectivity index (χ2v) is 6.92. The summed E-state index contributed by atoms with van der Waals surface area (Å²) in [5.41, 5.74) is 1.40. The summed E-state index contributed by atoms with van der Waals surface area (Å²) < 4.78 is 38.6. The standard InChI is InChI=1S/C21H21F3N2O2/c1-2-14-5-4-8-18(10-14)25-20(28)16-11-19(27)26(13-16)12-15-6-3-7-17(9-15)21(22,23)24/h3-10,16H,2,11-13H2,1H3,(H,25,28). The summed E-state index contributed by atoms with van der Waals surface area (Å²) in [5.74, 6) is -1.02. The molecule has 28 heavy (non-hydrogen) atoms. The zero-order valence-electron chi connectivity index (χ0n) is 15.4. The Labute approximate surface area is 161 Å². The maximum absolute atomic E-state index is 12.9. The summed E-state index contributed by atoms with van der Waals surface area (Å²) in [6.45, 7) is 2.26. The molecule has 1 heterocycles. The second-order valence-electron chi connectivity index (χ2n) is 6.92. The minimum absolute atomic E-state index is 0.0534. The van der Waals surface area contributed by atoms with Crippen molar-refractivity contribution in [3.8, 4) is 0 Å². The molecule has 1 unspecified atom stereocenters. The van der Waals surface area contributed by atoms with Gasteiger partial charge in [0.25, 0.3) is 0 Å². The highest BCUT2D eigenvalue weighted by atomic mass is 19.4. The summed E-state index contributed by atoms with van der Waals surface area (Å²) in [7, 11) is 0. The first-order valence-electron chi connectivity index (χ1n) is 9.10. The fraction of sp³-hybridized carbons (Fsp3) is 0.333. The number of likely N-dealkylation sites (tertiary alicyclic amines) is 1. The molecule has 2 aromatic carbocycles. The molecule has 1 aliphatic rings. The topological polar surface area (TPSA) is 49.4 Å². The van der Waals surface area contributed by atoms with Crippen molar-refractivity contribution in [1.82, 2.24) is 4.90 Å². The number of amides is 2. The minimum Gasteiger partial charge on any atom is -0.338 e. The van der Waals surface area contributed by atoms with Gasteiger partial charge in [0.15, 0.2) is 0 Å². The predicted molar refractivity (Wildman–Crippen MR) is 99.4 cm³/mol. The van der Waals surface area contributed by atoms with Crippen LogP contribution in [-0.2, 0) is 28.7 Å². The lowest BCUT2D eigenvalue weighted by Crippen LogP contribution is -2.28. The average molecular weight is 390 g/mol. The van der Waals surface area contributed by atoms with Gasteiger partial charge in [-0.3, -0.25) is 9.59 Å². The lowest BCUT2D eigenvalue weighted by molar-refractivity contribution is -0.137. The molecule has 0 radical (unpaired) electrons. The highest BCUT2D eigenvalue weighted by Gasteiger charge is 2.35. The van der Waals surface area contributed by atoms with Crippen LogP contribution < -0.4 is 5.32 Å². The number of alkyl halides is 3. The number of nitrogens with one attached hydrogen (secondary N) is 1. The number of anilines is 1. The van der Waals surface area contributed by atoms with Crippen LogP contribution in [0.1, 0.15) is 30.0 Å². The highest BCUT2D eigenvalue weighted by molar-refractivity contribution is 5.97. The molecule has 148 valence electrons. The van der Waals surface area contributed by atoms with E-state index in [2.05, 4.69) is 5.32 Å². The van der Waals surface area contributed by atoms with E-state index in [0.29, 0.717) is 11.3 Å². The van der Waals surface area contributed by atoms with Gasteiger partial charge in [-0.25, -0.2) is 0 Å². The molecular weight excluding hydrogens is 369 g/mol. The average Bonchev–Trinajstić information content (AvgIpc) is 3.02. The van der Waals surface area contributed by atoms with Crippen LogP contribution in [0.25, 0.3) is 0 Å². The molecule has 3 rings (SSSR count). The van der Waals surface area contributed by atoms with Crippen molar-refractivity contribution >= 4 is 17.5 Å². The van der Waals surface area contributed by atoms with Crippen molar-refractivity contribution in [3.63, 3.8) is 0 Å². The monoisotopic (exact) mass is 390 g/mol. The van der Waals surface area contributed by atoms with Crippen molar-refractivity contribution in [2.24, 2.45) is 5.92 Å². The lowest BCUT2D eigenvalue weighted by atomic mass is 10.1. The third-order valence-electron chi connectivity index (χ3n) is 4.82. The Balaban J connectivity index is 1.64. The van der Waals surface area contributed by atoms with Crippen LogP contribution in [0.15, 0.2) is 48.5 Å². The van der Waals surface area contributed by atoms with Crippen molar-refractivity contribution in [3.05, 3.63) is 65.2 Å². The molecule has 1 atom stereocenters. The van der Waals surface area contributed by atoms with Crippen LogP contribution in [0.5, 0.6) is 0 Å². The fourth-order valence-corrected chi connectivity index (χ4v) is 3.28. The molecule has 1 aliphatic heterocycles. The quantitative estimate of drug-likeness (QED) is 0.830. The van der Waals surface area contributed by atoms with Gasteiger partial charge in [0.05, 0.1) is 11.5 Å². The number of hydrogen-bond donors (Lipinski definition) is 1. The summed E-state index contributed by atoms with van der Waals surface area (Å²) in [6, 6.07) is 12.4. The fourth-order valence-electron chi connectivity index (χ4n) is 3.28. The van der Waals surface area contributed by atoms with Gasteiger partial charge in [-0.15, -0.1) is 0 Å². The molecule has 4 nitrogen and oxygen atoms in total. The maximum atomic E-state index is 12.9. The van der Waals surface area contributed by atoms with E-state index < -0.39 is 17.7 Å². The minimum atomic E-state index is -4.43. The smallest absolute Gasteiger partial charge is 0.338 e. The number of halogens is 3. The molecule has 2 aromatic rings. The molecule has 1 N–H and O–H groups in total. The third kappa shape index (κ3) is 4.71. The first-order valence-corrected chi connectivity index (χ1v) is 9.10. The van der Waals surface area contributed by atoms with Crippen molar-refractivity contribution < 1.29 is 22.8 Å². The summed E-state index contributed by atoms with van der Waals surface area (Å²) in [4.78, 5) is 26.2. The number of carbonyl (C=O) groups is 2. The van der Waals surface area contributed by atoms with Crippen LogP contribution >= 0.6 is 0 Å². The second kappa shape index (κ2) is 8.04. The first kappa shape index (κ1) is 19.9. The highest BCUT2D eigenvalue weighted by Crippen LogP contribution is 2.30. The van der Waals surface area contributed by atoms with Crippen LogP contribution in [0, 0.1) is 5.92 Å². The third-order valence-corrected chi connectivity index (χ3v) is 4.82. The Morgan fingerprint density at radius 3 is 2.57 bits per heavy atom. The summed E-state index contributed by atoms with van der Waals surface area (Å²) >= 11 is 0. The molecule has 0 aromatic heterocycles. The molecule has 0 aliphatic carbocycles. The molecule has 0 saturated carbocycles.